The van der Waals surface area contributed by atoms with Crippen molar-refractivity contribution in [3.8, 4) is 23.0 Å². The van der Waals surface area contributed by atoms with E-state index in [0.717, 1.165) is 11.1 Å². The monoisotopic (exact) mass is 432 g/mol. The summed E-state index contributed by atoms with van der Waals surface area (Å²) in [7, 11) is 0. The van der Waals surface area contributed by atoms with Gasteiger partial charge in [0.1, 0.15) is 0 Å². The highest BCUT2D eigenvalue weighted by atomic mass is 16.7. The van der Waals surface area contributed by atoms with Crippen LogP contribution in [0.5, 0.6) is 23.0 Å². The van der Waals surface area contributed by atoms with Crippen LogP contribution in [0.1, 0.15) is 31.8 Å². The van der Waals surface area contributed by atoms with Crippen LogP contribution in [0.4, 0.5) is 0 Å². The number of fused-ring (bicyclic) bond motifs is 2. The fourth-order valence-electron chi connectivity index (χ4n) is 3.71. The largest absolute Gasteiger partial charge is 0.454 e. The molecule has 0 unspecified atom stereocenters. The number of nitrogens with zero attached hydrogens (tertiary/aromatic N) is 1. The predicted octanol–water partition coefficient (Wildman–Crippen LogP) is 3.09. The summed E-state index contributed by atoms with van der Waals surface area (Å²) in [6, 6.07) is 17.6. The summed E-state index contributed by atoms with van der Waals surface area (Å²) in [6.07, 6.45) is 0. The topological polar surface area (TPSA) is 100 Å². The number of amides is 2. The van der Waals surface area contributed by atoms with Crippen molar-refractivity contribution in [2.75, 3.05) is 13.6 Å². The van der Waals surface area contributed by atoms with Crippen LogP contribution in [0.3, 0.4) is 0 Å². The molecule has 0 radical (unpaired) electrons. The van der Waals surface area contributed by atoms with E-state index >= 15 is 0 Å². The van der Waals surface area contributed by atoms with E-state index in [0.29, 0.717) is 41.7 Å². The van der Waals surface area contributed by atoms with Gasteiger partial charge in [-0.05, 0) is 53.6 Å². The van der Waals surface area contributed by atoms with Gasteiger partial charge in [-0.2, -0.15) is 0 Å². The van der Waals surface area contributed by atoms with Crippen LogP contribution in [-0.4, -0.2) is 30.3 Å². The molecule has 0 aliphatic carbocycles. The number of hydrogen-bond donors (Lipinski definition) is 1. The summed E-state index contributed by atoms with van der Waals surface area (Å²) in [6.45, 7) is 1.01. The minimum atomic E-state index is -0.585. The Balaban J connectivity index is 1.45. The first-order chi connectivity index (χ1) is 15.6. The number of rotatable bonds is 6. The molecule has 2 aliphatic rings. The molecule has 2 N–H and O–H groups in total. The number of nitrogens with two attached hydrogens (primary N) is 1. The maximum atomic E-state index is 13.5. The summed E-state index contributed by atoms with van der Waals surface area (Å²) in [5.41, 5.74) is 7.82. The van der Waals surface area contributed by atoms with Crippen LogP contribution in [0.25, 0.3) is 0 Å². The van der Waals surface area contributed by atoms with E-state index in [1.807, 2.05) is 36.4 Å². The molecule has 0 fully saturated rings. The molecule has 0 aromatic heterocycles. The molecule has 0 saturated heterocycles. The molecule has 162 valence electrons. The van der Waals surface area contributed by atoms with Gasteiger partial charge in [0, 0.05) is 24.2 Å². The van der Waals surface area contributed by atoms with Gasteiger partial charge in [-0.15, -0.1) is 0 Å². The van der Waals surface area contributed by atoms with Crippen LogP contribution >= 0.6 is 0 Å². The normalized spacial score (nSPS) is 13.1. The molecule has 5 rings (SSSR count). The van der Waals surface area contributed by atoms with Crippen molar-refractivity contribution >= 4 is 11.8 Å². The van der Waals surface area contributed by atoms with Crippen LogP contribution in [-0.2, 0) is 13.1 Å². The Morgan fingerprint density at radius 2 is 1.25 bits per heavy atom. The molecule has 2 heterocycles. The zero-order valence-corrected chi connectivity index (χ0v) is 17.1. The predicted molar refractivity (Wildman–Crippen MR) is 114 cm³/mol. The van der Waals surface area contributed by atoms with E-state index in [1.54, 1.807) is 23.1 Å². The molecule has 32 heavy (non-hydrogen) atoms. The fraction of sp³-hybridized carbons (Fsp3) is 0.167. The van der Waals surface area contributed by atoms with Gasteiger partial charge in [-0.1, -0.05) is 18.2 Å². The van der Waals surface area contributed by atoms with E-state index in [-0.39, 0.29) is 25.1 Å². The molecule has 8 nitrogen and oxygen atoms in total. The Morgan fingerprint density at radius 1 is 0.719 bits per heavy atom. The zero-order valence-electron chi connectivity index (χ0n) is 17.1. The quantitative estimate of drug-likeness (QED) is 0.643. The number of ether oxygens (including phenoxy) is 4. The average molecular weight is 432 g/mol. The Kier molecular flexibility index (Phi) is 5.03. The number of benzene rings is 3. The molecule has 3 aromatic rings. The lowest BCUT2D eigenvalue weighted by Crippen LogP contribution is -2.30. The van der Waals surface area contributed by atoms with Crippen LogP contribution in [0, 0.1) is 0 Å². The summed E-state index contributed by atoms with van der Waals surface area (Å²) < 4.78 is 21.7. The summed E-state index contributed by atoms with van der Waals surface area (Å²) in [5.74, 6) is 1.83. The third-order valence-corrected chi connectivity index (χ3v) is 5.30. The smallest absolute Gasteiger partial charge is 0.254 e. The number of carbonyl (C=O) groups is 2. The van der Waals surface area contributed by atoms with Gasteiger partial charge in [-0.3, -0.25) is 9.59 Å². The summed E-state index contributed by atoms with van der Waals surface area (Å²) >= 11 is 0. The molecule has 3 aromatic carbocycles. The minimum Gasteiger partial charge on any atom is -0.454 e. The van der Waals surface area contributed by atoms with Gasteiger partial charge in [0.15, 0.2) is 23.0 Å². The molecule has 2 aliphatic heterocycles. The lowest BCUT2D eigenvalue weighted by atomic mass is 10.1. The third-order valence-electron chi connectivity index (χ3n) is 5.30. The molecule has 2 amide bonds. The molecule has 0 spiro atoms. The third kappa shape index (κ3) is 3.90. The van der Waals surface area contributed by atoms with E-state index in [2.05, 4.69) is 0 Å². The molecule has 0 bridgehead atoms. The van der Waals surface area contributed by atoms with E-state index in [1.165, 1.54) is 6.07 Å². The Hall–Kier alpha value is -4.20. The highest BCUT2D eigenvalue weighted by Crippen LogP contribution is 2.34. The second kappa shape index (κ2) is 8.14. The highest BCUT2D eigenvalue weighted by molar-refractivity contribution is 5.99. The maximum Gasteiger partial charge on any atom is 0.254 e. The first kappa shape index (κ1) is 19.7. The van der Waals surface area contributed by atoms with Crippen molar-refractivity contribution in [1.82, 2.24) is 4.90 Å². The molecular weight excluding hydrogens is 412 g/mol. The first-order valence-corrected chi connectivity index (χ1v) is 10.0. The van der Waals surface area contributed by atoms with Gasteiger partial charge in [0.2, 0.25) is 19.5 Å². The van der Waals surface area contributed by atoms with Crippen molar-refractivity contribution in [2.24, 2.45) is 5.73 Å². The average Bonchev–Trinajstić information content (AvgIpc) is 3.46. The van der Waals surface area contributed by atoms with Gasteiger partial charge < -0.3 is 29.6 Å². The van der Waals surface area contributed by atoms with Gasteiger partial charge in [0.25, 0.3) is 5.91 Å². The van der Waals surface area contributed by atoms with Crippen LogP contribution in [0.15, 0.2) is 60.7 Å². The molecule has 0 atom stereocenters. The number of primary amides is 1. The van der Waals surface area contributed by atoms with Crippen LogP contribution < -0.4 is 24.7 Å². The zero-order chi connectivity index (χ0) is 22.1. The van der Waals surface area contributed by atoms with E-state index in [4.69, 9.17) is 24.7 Å². The minimum absolute atomic E-state index is 0.179. The van der Waals surface area contributed by atoms with Crippen molar-refractivity contribution in [3.05, 3.63) is 82.9 Å². The van der Waals surface area contributed by atoms with Gasteiger partial charge >= 0.3 is 0 Å². The SMILES string of the molecule is NC(=O)c1cccc(C(=O)N(Cc2ccc3c(c2)OCO3)Cc2ccc3c(c2)OCO3)c1. The first-order valence-electron chi connectivity index (χ1n) is 10.0. The lowest BCUT2D eigenvalue weighted by molar-refractivity contribution is 0.0729. The lowest BCUT2D eigenvalue weighted by Gasteiger charge is -2.24. The number of hydrogen-bond acceptors (Lipinski definition) is 6. The standard InChI is InChI=1S/C24H20N2O6/c25-23(27)17-2-1-3-18(10-17)24(28)26(11-15-4-6-19-21(8-15)31-13-29-19)12-16-5-7-20-22(9-16)32-14-30-20/h1-10H,11-14H2,(H2,25,27). The van der Waals surface area contributed by atoms with Crippen LogP contribution in [0.2, 0.25) is 0 Å². The van der Waals surface area contributed by atoms with E-state index < -0.39 is 5.91 Å². The highest BCUT2D eigenvalue weighted by Gasteiger charge is 2.21. The van der Waals surface area contributed by atoms with Crippen molar-refractivity contribution in [3.63, 3.8) is 0 Å². The molecular formula is C24H20N2O6. The second-order valence-electron chi connectivity index (χ2n) is 7.48. The van der Waals surface area contributed by atoms with Gasteiger partial charge in [0.05, 0.1) is 0 Å². The van der Waals surface area contributed by atoms with Gasteiger partial charge in [-0.25, -0.2) is 0 Å². The summed E-state index contributed by atoms with van der Waals surface area (Å²) in [5, 5.41) is 0. The van der Waals surface area contributed by atoms with Crippen molar-refractivity contribution in [2.45, 2.75) is 13.1 Å². The van der Waals surface area contributed by atoms with Crippen molar-refractivity contribution in [1.29, 1.82) is 0 Å². The van der Waals surface area contributed by atoms with Crippen molar-refractivity contribution < 1.29 is 28.5 Å². The molecule has 0 saturated carbocycles. The Bertz CT molecular complexity index is 1150. The summed E-state index contributed by atoms with van der Waals surface area (Å²) in [4.78, 5) is 26.7. The maximum absolute atomic E-state index is 13.5. The molecule has 8 heteroatoms. The number of carbonyl (C=O) groups excluding carboxylic acids is 2. The second-order valence-corrected chi connectivity index (χ2v) is 7.48. The fourth-order valence-corrected chi connectivity index (χ4v) is 3.71. The van der Waals surface area contributed by atoms with E-state index in [9.17, 15) is 9.59 Å². The Morgan fingerprint density at radius 3 is 1.81 bits per heavy atom. The Labute approximate surface area is 184 Å².